The number of rotatable bonds is 7. The van der Waals surface area contributed by atoms with Gasteiger partial charge in [0.25, 0.3) is 5.91 Å². The van der Waals surface area contributed by atoms with Gasteiger partial charge in [0.15, 0.2) is 15.9 Å². The molecule has 0 spiro atoms. The number of carbonyl (C=O) groups is 1. The zero-order chi connectivity index (χ0) is 19.3. The Morgan fingerprint density at radius 2 is 1.73 bits per heavy atom. The lowest BCUT2D eigenvalue weighted by molar-refractivity contribution is -0.128. The van der Waals surface area contributed by atoms with Gasteiger partial charge in [-0.15, -0.1) is 0 Å². The van der Waals surface area contributed by atoms with Gasteiger partial charge in [0.1, 0.15) is 5.75 Å². The van der Waals surface area contributed by atoms with Gasteiger partial charge >= 0.3 is 0 Å². The quantitative estimate of drug-likeness (QED) is 0.805. The first kappa shape index (κ1) is 20.0. The Morgan fingerprint density at radius 3 is 2.27 bits per heavy atom. The van der Waals surface area contributed by atoms with Gasteiger partial charge < -0.3 is 10.1 Å². The first-order chi connectivity index (χ1) is 12.2. The molecule has 1 amide bonds. The SMILES string of the molecule is CC[C@@H](NC(=O)[C@H](C)Oc1ccccc1C)c1ccc(S(C)(=O)=O)cc1. The molecule has 5 nitrogen and oxygen atoms in total. The number of ether oxygens (including phenoxy) is 1. The standard InChI is InChI=1S/C20H25NO4S/c1-5-18(16-10-12-17(13-11-16)26(4,23)24)21-20(22)15(3)25-19-9-7-6-8-14(19)2/h6-13,15,18H,5H2,1-4H3,(H,21,22)/t15-,18+/m0/s1. The summed E-state index contributed by atoms with van der Waals surface area (Å²) in [4.78, 5) is 12.8. The highest BCUT2D eigenvalue weighted by molar-refractivity contribution is 7.90. The molecule has 0 aliphatic heterocycles. The van der Waals surface area contributed by atoms with Crippen molar-refractivity contribution in [3.8, 4) is 5.75 Å². The van der Waals surface area contributed by atoms with E-state index in [-0.39, 0.29) is 16.8 Å². The second-order valence-corrected chi connectivity index (χ2v) is 8.35. The molecule has 2 aromatic carbocycles. The maximum atomic E-state index is 12.5. The molecule has 0 bridgehead atoms. The molecule has 2 atom stereocenters. The highest BCUT2D eigenvalue weighted by Gasteiger charge is 2.20. The second kappa shape index (κ2) is 8.36. The van der Waals surface area contributed by atoms with E-state index in [4.69, 9.17) is 4.74 Å². The van der Waals surface area contributed by atoms with Crippen LogP contribution in [0.15, 0.2) is 53.4 Å². The summed E-state index contributed by atoms with van der Waals surface area (Å²) in [6.45, 7) is 5.60. The van der Waals surface area contributed by atoms with E-state index in [1.165, 1.54) is 6.26 Å². The van der Waals surface area contributed by atoms with E-state index < -0.39 is 15.9 Å². The first-order valence-corrected chi connectivity index (χ1v) is 10.4. The zero-order valence-electron chi connectivity index (χ0n) is 15.5. The zero-order valence-corrected chi connectivity index (χ0v) is 16.3. The van der Waals surface area contributed by atoms with Gasteiger partial charge in [0.2, 0.25) is 0 Å². The molecule has 2 aromatic rings. The fourth-order valence-electron chi connectivity index (χ4n) is 2.59. The summed E-state index contributed by atoms with van der Waals surface area (Å²) in [6.07, 6.45) is 1.22. The molecule has 140 valence electrons. The third-order valence-corrected chi connectivity index (χ3v) is 5.33. The van der Waals surface area contributed by atoms with Crippen molar-refractivity contribution in [2.45, 2.75) is 44.2 Å². The number of sulfone groups is 1. The Bertz CT molecular complexity index is 860. The number of amides is 1. The molecule has 0 saturated heterocycles. The average Bonchev–Trinajstić information content (AvgIpc) is 2.60. The number of hydrogen-bond donors (Lipinski definition) is 1. The van der Waals surface area contributed by atoms with Crippen molar-refractivity contribution in [1.82, 2.24) is 5.32 Å². The fourth-order valence-corrected chi connectivity index (χ4v) is 3.22. The molecule has 6 heteroatoms. The van der Waals surface area contributed by atoms with Crippen molar-refractivity contribution in [2.75, 3.05) is 6.26 Å². The van der Waals surface area contributed by atoms with E-state index in [0.717, 1.165) is 11.1 Å². The summed E-state index contributed by atoms with van der Waals surface area (Å²) in [5.74, 6) is 0.466. The summed E-state index contributed by atoms with van der Waals surface area (Å²) in [5, 5.41) is 2.97. The molecule has 0 fully saturated rings. The van der Waals surface area contributed by atoms with E-state index in [1.54, 1.807) is 31.2 Å². The Balaban J connectivity index is 2.06. The molecule has 0 aliphatic rings. The molecular formula is C20H25NO4S. The number of aryl methyl sites for hydroxylation is 1. The lowest BCUT2D eigenvalue weighted by Gasteiger charge is -2.21. The third-order valence-electron chi connectivity index (χ3n) is 4.20. The van der Waals surface area contributed by atoms with Crippen molar-refractivity contribution >= 4 is 15.7 Å². The normalized spacial score (nSPS) is 13.7. The van der Waals surface area contributed by atoms with Crippen LogP contribution in [0.2, 0.25) is 0 Å². The lowest BCUT2D eigenvalue weighted by atomic mass is 10.0. The molecule has 0 unspecified atom stereocenters. The van der Waals surface area contributed by atoms with Crippen molar-refractivity contribution in [2.24, 2.45) is 0 Å². The summed E-state index contributed by atoms with van der Waals surface area (Å²) in [6, 6.07) is 13.9. The Morgan fingerprint density at radius 1 is 1.12 bits per heavy atom. The van der Waals surface area contributed by atoms with Gasteiger partial charge in [0.05, 0.1) is 10.9 Å². The van der Waals surface area contributed by atoms with Crippen LogP contribution in [-0.2, 0) is 14.6 Å². The predicted molar refractivity (Wildman–Crippen MR) is 102 cm³/mol. The largest absolute Gasteiger partial charge is 0.481 e. The smallest absolute Gasteiger partial charge is 0.261 e. The molecule has 0 saturated carbocycles. The van der Waals surface area contributed by atoms with Crippen LogP contribution in [0.25, 0.3) is 0 Å². The minimum atomic E-state index is -3.23. The Kier molecular flexibility index (Phi) is 6.42. The van der Waals surface area contributed by atoms with Crippen molar-refractivity contribution < 1.29 is 17.9 Å². The van der Waals surface area contributed by atoms with Crippen molar-refractivity contribution in [3.05, 3.63) is 59.7 Å². The van der Waals surface area contributed by atoms with E-state index >= 15 is 0 Å². The number of nitrogens with one attached hydrogen (secondary N) is 1. The van der Waals surface area contributed by atoms with E-state index in [1.807, 2.05) is 38.1 Å². The monoisotopic (exact) mass is 375 g/mol. The summed E-state index contributed by atoms with van der Waals surface area (Å²) in [5.41, 5.74) is 1.83. The lowest BCUT2D eigenvalue weighted by Crippen LogP contribution is -2.38. The number of hydrogen-bond acceptors (Lipinski definition) is 4. The molecule has 1 N–H and O–H groups in total. The van der Waals surface area contributed by atoms with Crippen LogP contribution in [0.4, 0.5) is 0 Å². The summed E-state index contributed by atoms with van der Waals surface area (Å²) in [7, 11) is -3.23. The maximum absolute atomic E-state index is 12.5. The highest BCUT2D eigenvalue weighted by Crippen LogP contribution is 2.21. The van der Waals surface area contributed by atoms with Gasteiger partial charge in [-0.3, -0.25) is 4.79 Å². The molecule has 0 aromatic heterocycles. The van der Waals surface area contributed by atoms with Gasteiger partial charge in [0, 0.05) is 6.26 Å². The maximum Gasteiger partial charge on any atom is 0.261 e. The van der Waals surface area contributed by atoms with Crippen molar-refractivity contribution in [1.29, 1.82) is 0 Å². The van der Waals surface area contributed by atoms with E-state index in [2.05, 4.69) is 5.32 Å². The Labute approximate surface area is 155 Å². The minimum absolute atomic E-state index is 0.209. The van der Waals surface area contributed by atoms with Crippen LogP contribution in [-0.4, -0.2) is 26.7 Å². The number of para-hydroxylation sites is 1. The van der Waals surface area contributed by atoms with E-state index in [9.17, 15) is 13.2 Å². The topological polar surface area (TPSA) is 72.5 Å². The third kappa shape index (κ3) is 5.08. The number of carbonyl (C=O) groups excluding carboxylic acids is 1. The van der Waals surface area contributed by atoms with Crippen LogP contribution >= 0.6 is 0 Å². The van der Waals surface area contributed by atoms with Gasteiger partial charge in [-0.25, -0.2) is 8.42 Å². The van der Waals surface area contributed by atoms with Crippen molar-refractivity contribution in [3.63, 3.8) is 0 Å². The average molecular weight is 375 g/mol. The highest BCUT2D eigenvalue weighted by atomic mass is 32.2. The van der Waals surface area contributed by atoms with Crippen LogP contribution in [0.1, 0.15) is 37.4 Å². The van der Waals surface area contributed by atoms with Crippen LogP contribution in [0.5, 0.6) is 5.75 Å². The molecule has 0 heterocycles. The second-order valence-electron chi connectivity index (χ2n) is 6.34. The molecule has 26 heavy (non-hydrogen) atoms. The number of benzene rings is 2. The molecular weight excluding hydrogens is 350 g/mol. The van der Waals surface area contributed by atoms with Gasteiger partial charge in [-0.1, -0.05) is 37.3 Å². The molecule has 2 rings (SSSR count). The predicted octanol–water partition coefficient (Wildman–Crippen LogP) is 3.43. The van der Waals surface area contributed by atoms with Gasteiger partial charge in [-0.05, 0) is 49.6 Å². The van der Waals surface area contributed by atoms with Crippen LogP contribution in [0.3, 0.4) is 0 Å². The molecule has 0 radical (unpaired) electrons. The molecule has 0 aliphatic carbocycles. The summed E-state index contributed by atoms with van der Waals surface area (Å²) < 4.78 is 28.9. The minimum Gasteiger partial charge on any atom is -0.481 e. The Hall–Kier alpha value is -2.34. The van der Waals surface area contributed by atoms with Crippen LogP contribution in [0, 0.1) is 6.92 Å². The van der Waals surface area contributed by atoms with Gasteiger partial charge in [-0.2, -0.15) is 0 Å². The fraction of sp³-hybridized carbons (Fsp3) is 0.350. The van der Waals surface area contributed by atoms with Crippen LogP contribution < -0.4 is 10.1 Å². The summed E-state index contributed by atoms with van der Waals surface area (Å²) >= 11 is 0. The van der Waals surface area contributed by atoms with E-state index in [0.29, 0.717) is 12.2 Å². The first-order valence-electron chi connectivity index (χ1n) is 8.55.